The van der Waals surface area contributed by atoms with Gasteiger partial charge < -0.3 is 0 Å². The molecule has 88 valence electrons. The van der Waals surface area contributed by atoms with Gasteiger partial charge in [0.2, 0.25) is 0 Å². The monoisotopic (exact) mass is 232 g/mol. The van der Waals surface area contributed by atoms with Gasteiger partial charge in [0.25, 0.3) is 0 Å². The number of benzene rings is 2. The fourth-order valence-electron chi connectivity index (χ4n) is 4.88. The van der Waals surface area contributed by atoms with Gasteiger partial charge in [-0.1, -0.05) is 48.9 Å². The van der Waals surface area contributed by atoms with Crippen LogP contribution < -0.4 is 0 Å². The highest BCUT2D eigenvalue weighted by Crippen LogP contribution is 2.63. The predicted molar refractivity (Wildman–Crippen MR) is 73.8 cm³/mol. The summed E-state index contributed by atoms with van der Waals surface area (Å²) in [5, 5.41) is 0. The van der Waals surface area contributed by atoms with Gasteiger partial charge in [-0.15, -0.1) is 0 Å². The molecule has 1 fully saturated rings. The second-order valence-corrected chi connectivity index (χ2v) is 6.07. The van der Waals surface area contributed by atoms with E-state index in [1.807, 2.05) is 0 Å². The maximum Gasteiger partial charge on any atom is 0.0139 e. The summed E-state index contributed by atoms with van der Waals surface area (Å²) < 4.78 is 0. The van der Waals surface area contributed by atoms with Crippen molar-refractivity contribution in [2.24, 2.45) is 5.92 Å². The van der Waals surface area contributed by atoms with Crippen molar-refractivity contribution in [1.82, 2.24) is 0 Å². The van der Waals surface area contributed by atoms with E-state index in [4.69, 9.17) is 0 Å². The van der Waals surface area contributed by atoms with Crippen molar-refractivity contribution in [2.45, 2.75) is 31.1 Å². The Morgan fingerprint density at radius 3 is 2.61 bits per heavy atom. The van der Waals surface area contributed by atoms with Crippen molar-refractivity contribution < 1.29 is 0 Å². The lowest BCUT2D eigenvalue weighted by molar-refractivity contribution is 0.480. The van der Waals surface area contributed by atoms with Gasteiger partial charge >= 0.3 is 0 Å². The van der Waals surface area contributed by atoms with Crippen LogP contribution in [0.5, 0.6) is 0 Å². The van der Waals surface area contributed by atoms with Crippen LogP contribution in [0.3, 0.4) is 0 Å². The van der Waals surface area contributed by atoms with Crippen molar-refractivity contribution in [3.8, 4) is 11.1 Å². The molecule has 0 saturated heterocycles. The third-order valence-electron chi connectivity index (χ3n) is 5.43. The van der Waals surface area contributed by atoms with E-state index in [0.717, 1.165) is 17.8 Å². The van der Waals surface area contributed by atoms with Crippen LogP contribution in [0.1, 0.15) is 47.8 Å². The lowest BCUT2D eigenvalue weighted by atomic mass is 9.86. The van der Waals surface area contributed by atoms with E-state index in [1.165, 1.54) is 30.4 Å². The summed E-state index contributed by atoms with van der Waals surface area (Å²) in [6.07, 6.45) is 4.27. The van der Waals surface area contributed by atoms with Crippen LogP contribution in [0.25, 0.3) is 11.1 Å². The molecule has 0 aliphatic heterocycles. The molecule has 0 heteroatoms. The summed E-state index contributed by atoms with van der Waals surface area (Å²) in [6, 6.07) is 16.1. The molecular formula is C18H16. The molecule has 0 bridgehead atoms. The van der Waals surface area contributed by atoms with Crippen molar-refractivity contribution in [3.05, 3.63) is 59.2 Å². The summed E-state index contributed by atoms with van der Waals surface area (Å²) in [6.45, 7) is 0. The summed E-state index contributed by atoms with van der Waals surface area (Å²) in [5.41, 5.74) is 8.01. The van der Waals surface area contributed by atoms with E-state index in [9.17, 15) is 0 Å². The summed E-state index contributed by atoms with van der Waals surface area (Å²) in [5.74, 6) is 2.48. The first-order valence-electron chi connectivity index (χ1n) is 7.17. The molecule has 5 rings (SSSR count). The summed E-state index contributed by atoms with van der Waals surface area (Å²) >= 11 is 0. The van der Waals surface area contributed by atoms with Gasteiger partial charge in [-0.05, 0) is 52.5 Å². The molecule has 3 atom stereocenters. The molecule has 0 amide bonds. The first-order valence-corrected chi connectivity index (χ1v) is 7.17. The van der Waals surface area contributed by atoms with Crippen LogP contribution in [-0.4, -0.2) is 0 Å². The van der Waals surface area contributed by atoms with Crippen LogP contribution in [0.4, 0.5) is 0 Å². The molecule has 3 aliphatic carbocycles. The lowest BCUT2D eigenvalue weighted by Gasteiger charge is -2.18. The van der Waals surface area contributed by atoms with E-state index in [-0.39, 0.29) is 0 Å². The van der Waals surface area contributed by atoms with Crippen LogP contribution >= 0.6 is 0 Å². The highest BCUT2D eigenvalue weighted by Gasteiger charge is 2.48. The van der Waals surface area contributed by atoms with Gasteiger partial charge in [0.05, 0.1) is 0 Å². The van der Waals surface area contributed by atoms with Gasteiger partial charge in [0.1, 0.15) is 0 Å². The zero-order chi connectivity index (χ0) is 11.7. The predicted octanol–water partition coefficient (Wildman–Crippen LogP) is 4.70. The second kappa shape index (κ2) is 3.06. The normalized spacial score (nSPS) is 30.1. The fraction of sp³-hybridized carbons (Fsp3) is 0.333. The van der Waals surface area contributed by atoms with Crippen molar-refractivity contribution >= 4 is 0 Å². The topological polar surface area (TPSA) is 0 Å². The Morgan fingerprint density at radius 1 is 0.778 bits per heavy atom. The van der Waals surface area contributed by atoms with E-state index in [0.29, 0.717) is 0 Å². The third-order valence-corrected chi connectivity index (χ3v) is 5.43. The molecule has 2 aromatic rings. The second-order valence-electron chi connectivity index (χ2n) is 6.07. The van der Waals surface area contributed by atoms with Gasteiger partial charge in [0, 0.05) is 5.92 Å². The van der Waals surface area contributed by atoms with Crippen LogP contribution in [0.15, 0.2) is 42.5 Å². The molecule has 0 heterocycles. The maximum absolute atomic E-state index is 2.40. The standard InChI is InChI=1S/C18H16/c1-2-6-13-11(5-1)14-9-4-10-16-12-7-3-8-15(12)17(13)18(14)16/h1-2,4-6,9-10,12,15,17H,3,7-8H2. The van der Waals surface area contributed by atoms with Gasteiger partial charge in [-0.3, -0.25) is 0 Å². The van der Waals surface area contributed by atoms with Gasteiger partial charge in [-0.25, -0.2) is 0 Å². The lowest BCUT2D eigenvalue weighted by Crippen LogP contribution is -2.06. The quantitative estimate of drug-likeness (QED) is 0.617. The van der Waals surface area contributed by atoms with Crippen molar-refractivity contribution in [2.75, 3.05) is 0 Å². The Morgan fingerprint density at radius 2 is 1.61 bits per heavy atom. The first kappa shape index (κ1) is 9.38. The van der Waals surface area contributed by atoms with Gasteiger partial charge in [-0.2, -0.15) is 0 Å². The number of fused-ring (bicyclic) bond motifs is 6. The Hall–Kier alpha value is -1.56. The zero-order valence-electron chi connectivity index (χ0n) is 10.4. The van der Waals surface area contributed by atoms with E-state index >= 15 is 0 Å². The van der Waals surface area contributed by atoms with E-state index < -0.39 is 0 Å². The Balaban J connectivity index is 1.89. The molecule has 0 aromatic heterocycles. The SMILES string of the molecule is c1ccc2c(c1)-c1cccc3c1C2C1CCCC31. The van der Waals surface area contributed by atoms with Gasteiger partial charge in [0.15, 0.2) is 0 Å². The minimum atomic E-state index is 0.722. The maximum atomic E-state index is 2.40. The molecule has 18 heavy (non-hydrogen) atoms. The van der Waals surface area contributed by atoms with Crippen molar-refractivity contribution in [3.63, 3.8) is 0 Å². The van der Waals surface area contributed by atoms with E-state index in [2.05, 4.69) is 42.5 Å². The summed E-state index contributed by atoms with van der Waals surface area (Å²) in [4.78, 5) is 0. The van der Waals surface area contributed by atoms with E-state index in [1.54, 1.807) is 16.7 Å². The molecule has 0 radical (unpaired) electrons. The highest BCUT2D eigenvalue weighted by molar-refractivity contribution is 5.82. The van der Waals surface area contributed by atoms with Crippen LogP contribution in [-0.2, 0) is 0 Å². The first-order chi connectivity index (χ1) is 8.95. The molecule has 0 nitrogen and oxygen atoms in total. The minimum absolute atomic E-state index is 0.722. The number of rotatable bonds is 0. The Labute approximate surface area is 108 Å². The van der Waals surface area contributed by atoms with Crippen LogP contribution in [0, 0.1) is 5.92 Å². The summed E-state index contributed by atoms with van der Waals surface area (Å²) in [7, 11) is 0. The molecular weight excluding hydrogens is 216 g/mol. The Kier molecular flexibility index (Phi) is 1.59. The molecule has 3 aliphatic rings. The number of hydrogen-bond donors (Lipinski definition) is 0. The molecule has 0 N–H and O–H groups in total. The highest BCUT2D eigenvalue weighted by atomic mass is 14.5. The molecule has 0 spiro atoms. The molecule has 1 saturated carbocycles. The smallest absolute Gasteiger partial charge is 0.0139 e. The average Bonchev–Trinajstić information content (AvgIpc) is 3.06. The Bertz CT molecular complexity index is 653. The average molecular weight is 232 g/mol. The minimum Gasteiger partial charge on any atom is -0.0619 e. The third kappa shape index (κ3) is 0.913. The van der Waals surface area contributed by atoms with Crippen LogP contribution in [0.2, 0.25) is 0 Å². The fourth-order valence-corrected chi connectivity index (χ4v) is 4.88. The number of hydrogen-bond acceptors (Lipinski definition) is 0. The largest absolute Gasteiger partial charge is 0.0619 e. The molecule has 3 unspecified atom stereocenters. The van der Waals surface area contributed by atoms with Crippen molar-refractivity contribution in [1.29, 1.82) is 0 Å². The molecule has 2 aromatic carbocycles. The zero-order valence-corrected chi connectivity index (χ0v) is 10.4.